The molecule has 128 valence electrons. The number of aromatic nitrogens is 1. The molecule has 1 aromatic heterocycles. The molecule has 2 aliphatic heterocycles. The number of hydrogen-bond acceptors (Lipinski definition) is 6. The van der Waals surface area contributed by atoms with Crippen LogP contribution < -0.4 is 5.32 Å². The molecule has 2 aliphatic rings. The van der Waals surface area contributed by atoms with Gasteiger partial charge in [0, 0.05) is 39.3 Å². The van der Waals surface area contributed by atoms with Gasteiger partial charge < -0.3 is 15.0 Å². The SMILES string of the molecule is CC[C@H]1CN(C(=O)c2c(C)nsc2NC)C[C@H]1N1CCOCC1. The summed E-state index contributed by atoms with van der Waals surface area (Å²) < 4.78 is 9.80. The van der Waals surface area contributed by atoms with Gasteiger partial charge in [0.15, 0.2) is 0 Å². The van der Waals surface area contributed by atoms with E-state index in [9.17, 15) is 4.79 Å². The molecule has 3 rings (SSSR count). The number of carbonyl (C=O) groups excluding carboxylic acids is 1. The predicted octanol–water partition coefficient (Wildman–Crippen LogP) is 1.68. The number of aryl methyl sites for hydroxylation is 1. The molecule has 1 aromatic rings. The third-order valence-electron chi connectivity index (χ3n) is 5.04. The molecule has 2 atom stereocenters. The highest BCUT2D eigenvalue weighted by Crippen LogP contribution is 2.30. The highest BCUT2D eigenvalue weighted by molar-refractivity contribution is 7.10. The van der Waals surface area contributed by atoms with Crippen LogP contribution in [0.5, 0.6) is 0 Å². The minimum atomic E-state index is 0.120. The molecule has 0 bridgehead atoms. The van der Waals surface area contributed by atoms with Gasteiger partial charge in [0.05, 0.1) is 24.5 Å². The maximum atomic E-state index is 13.0. The van der Waals surface area contributed by atoms with Crippen molar-refractivity contribution in [3.05, 3.63) is 11.3 Å². The van der Waals surface area contributed by atoms with E-state index in [0.29, 0.717) is 12.0 Å². The quantitative estimate of drug-likeness (QED) is 0.905. The molecule has 1 N–H and O–H groups in total. The summed E-state index contributed by atoms with van der Waals surface area (Å²) in [6.07, 6.45) is 1.10. The van der Waals surface area contributed by atoms with Crippen molar-refractivity contribution >= 4 is 22.4 Å². The molecule has 2 saturated heterocycles. The molecule has 0 radical (unpaired) electrons. The number of amides is 1. The van der Waals surface area contributed by atoms with Crippen molar-refractivity contribution in [3.8, 4) is 0 Å². The molecular weight excluding hydrogens is 312 g/mol. The zero-order valence-corrected chi connectivity index (χ0v) is 15.0. The van der Waals surface area contributed by atoms with Crippen molar-refractivity contribution in [1.29, 1.82) is 0 Å². The number of hydrogen-bond donors (Lipinski definition) is 1. The molecular formula is C16H26N4O2S. The molecule has 3 heterocycles. The summed E-state index contributed by atoms with van der Waals surface area (Å²) in [5.74, 6) is 0.664. The number of ether oxygens (including phenoxy) is 1. The maximum Gasteiger partial charge on any atom is 0.258 e. The van der Waals surface area contributed by atoms with Crippen molar-refractivity contribution in [2.75, 3.05) is 51.8 Å². The topological polar surface area (TPSA) is 57.7 Å². The Morgan fingerprint density at radius 3 is 2.78 bits per heavy atom. The van der Waals surface area contributed by atoms with Gasteiger partial charge >= 0.3 is 0 Å². The second kappa shape index (κ2) is 7.15. The molecule has 2 fully saturated rings. The molecule has 0 spiro atoms. The standard InChI is InChI=1S/C16H26N4O2S/c1-4-12-9-20(10-13(12)19-5-7-22-8-6-19)16(21)14-11(2)18-23-15(14)17-3/h12-13,17H,4-10H2,1-3H3/t12-,13+/m0/s1. The molecule has 7 heteroatoms. The van der Waals surface area contributed by atoms with Crippen LogP contribution in [0.25, 0.3) is 0 Å². The van der Waals surface area contributed by atoms with E-state index in [1.165, 1.54) is 11.5 Å². The van der Waals surface area contributed by atoms with Gasteiger partial charge in [-0.2, -0.15) is 4.37 Å². The van der Waals surface area contributed by atoms with Crippen molar-refractivity contribution in [2.24, 2.45) is 5.92 Å². The van der Waals surface area contributed by atoms with E-state index in [2.05, 4.69) is 21.5 Å². The highest BCUT2D eigenvalue weighted by Gasteiger charge is 2.39. The van der Waals surface area contributed by atoms with Crippen LogP contribution in [0.4, 0.5) is 5.00 Å². The van der Waals surface area contributed by atoms with Crippen LogP contribution in [-0.2, 0) is 4.74 Å². The Bertz CT molecular complexity index is 556. The van der Waals surface area contributed by atoms with Crippen LogP contribution in [0, 0.1) is 12.8 Å². The second-order valence-electron chi connectivity index (χ2n) is 6.32. The number of morpholine rings is 1. The first-order valence-corrected chi connectivity index (χ1v) is 9.18. The summed E-state index contributed by atoms with van der Waals surface area (Å²) in [4.78, 5) is 17.5. The zero-order valence-electron chi connectivity index (χ0n) is 14.2. The molecule has 0 aromatic carbocycles. The first kappa shape index (κ1) is 16.7. The fourth-order valence-electron chi connectivity index (χ4n) is 3.69. The van der Waals surface area contributed by atoms with Gasteiger partial charge in [-0.05, 0) is 24.4 Å². The Labute approximate surface area is 142 Å². The zero-order chi connectivity index (χ0) is 16.4. The van der Waals surface area contributed by atoms with Crippen LogP contribution in [0.15, 0.2) is 0 Å². The van der Waals surface area contributed by atoms with E-state index in [1.54, 1.807) is 0 Å². The minimum absolute atomic E-state index is 0.120. The van der Waals surface area contributed by atoms with E-state index >= 15 is 0 Å². The summed E-state index contributed by atoms with van der Waals surface area (Å²) in [5.41, 5.74) is 1.57. The summed E-state index contributed by atoms with van der Waals surface area (Å²) in [6.45, 7) is 9.36. The second-order valence-corrected chi connectivity index (χ2v) is 7.09. The average Bonchev–Trinajstić information content (AvgIpc) is 3.18. The van der Waals surface area contributed by atoms with E-state index < -0.39 is 0 Å². The molecule has 1 amide bonds. The monoisotopic (exact) mass is 338 g/mol. The Balaban J connectivity index is 1.76. The van der Waals surface area contributed by atoms with Gasteiger partial charge in [0.1, 0.15) is 5.00 Å². The Morgan fingerprint density at radius 2 is 2.13 bits per heavy atom. The number of nitrogens with zero attached hydrogens (tertiary/aromatic N) is 3. The van der Waals surface area contributed by atoms with E-state index in [0.717, 1.165) is 62.1 Å². The van der Waals surface area contributed by atoms with E-state index in [1.807, 2.05) is 18.9 Å². The van der Waals surface area contributed by atoms with Crippen molar-refractivity contribution < 1.29 is 9.53 Å². The summed E-state index contributed by atoms with van der Waals surface area (Å²) in [6, 6.07) is 0.456. The van der Waals surface area contributed by atoms with E-state index in [-0.39, 0.29) is 5.91 Å². The number of likely N-dealkylation sites (tertiary alicyclic amines) is 1. The van der Waals surface area contributed by atoms with Crippen LogP contribution in [-0.4, -0.2) is 72.6 Å². The van der Waals surface area contributed by atoms with Crippen molar-refractivity contribution in [3.63, 3.8) is 0 Å². The third kappa shape index (κ3) is 3.22. The normalized spacial score (nSPS) is 25.8. The minimum Gasteiger partial charge on any atom is -0.379 e. The molecule has 0 aliphatic carbocycles. The lowest BCUT2D eigenvalue weighted by atomic mass is 9.99. The number of carbonyl (C=O) groups is 1. The van der Waals surface area contributed by atoms with Gasteiger partial charge in [-0.15, -0.1) is 0 Å². The van der Waals surface area contributed by atoms with Gasteiger partial charge in [0.25, 0.3) is 5.91 Å². The first-order valence-electron chi connectivity index (χ1n) is 8.40. The highest BCUT2D eigenvalue weighted by atomic mass is 32.1. The summed E-state index contributed by atoms with van der Waals surface area (Å²) >= 11 is 1.36. The van der Waals surface area contributed by atoms with Gasteiger partial charge in [-0.25, -0.2) is 0 Å². The maximum absolute atomic E-state index is 13.0. The molecule has 0 unspecified atom stereocenters. The number of anilines is 1. The lowest BCUT2D eigenvalue weighted by molar-refractivity contribution is 0.0103. The fourth-order valence-corrected chi connectivity index (χ4v) is 4.43. The number of rotatable bonds is 4. The van der Waals surface area contributed by atoms with Crippen molar-refractivity contribution in [1.82, 2.24) is 14.2 Å². The fraction of sp³-hybridized carbons (Fsp3) is 0.750. The lowest BCUT2D eigenvalue weighted by Crippen LogP contribution is -2.47. The summed E-state index contributed by atoms with van der Waals surface area (Å²) in [5, 5.41) is 3.97. The molecule has 23 heavy (non-hydrogen) atoms. The molecule has 6 nitrogen and oxygen atoms in total. The number of nitrogens with one attached hydrogen (secondary N) is 1. The lowest BCUT2D eigenvalue weighted by Gasteiger charge is -2.34. The average molecular weight is 338 g/mol. The van der Waals surface area contributed by atoms with Gasteiger partial charge in [0.2, 0.25) is 0 Å². The van der Waals surface area contributed by atoms with Crippen molar-refractivity contribution in [2.45, 2.75) is 26.3 Å². The third-order valence-corrected chi connectivity index (χ3v) is 5.99. The van der Waals surface area contributed by atoms with Crippen LogP contribution in [0.1, 0.15) is 29.4 Å². The van der Waals surface area contributed by atoms with E-state index in [4.69, 9.17) is 4.74 Å². The largest absolute Gasteiger partial charge is 0.379 e. The smallest absolute Gasteiger partial charge is 0.258 e. The van der Waals surface area contributed by atoms with Gasteiger partial charge in [-0.3, -0.25) is 9.69 Å². The Hall–Kier alpha value is -1.18. The van der Waals surface area contributed by atoms with Gasteiger partial charge in [-0.1, -0.05) is 13.3 Å². The van der Waals surface area contributed by atoms with Crippen LogP contribution in [0.2, 0.25) is 0 Å². The molecule has 0 saturated carbocycles. The summed E-state index contributed by atoms with van der Waals surface area (Å²) in [7, 11) is 1.85. The Morgan fingerprint density at radius 1 is 1.39 bits per heavy atom. The Kier molecular flexibility index (Phi) is 5.18. The van der Waals surface area contributed by atoms with Crippen LogP contribution in [0.3, 0.4) is 0 Å². The predicted molar refractivity (Wildman–Crippen MR) is 92.3 cm³/mol. The van der Waals surface area contributed by atoms with Crippen LogP contribution >= 0.6 is 11.5 Å². The first-order chi connectivity index (χ1) is 11.2.